The van der Waals surface area contributed by atoms with Crippen molar-refractivity contribution in [3.8, 4) is 0 Å². The number of aliphatic hydroxyl groups is 2. The lowest BCUT2D eigenvalue weighted by molar-refractivity contribution is -0.0699. The van der Waals surface area contributed by atoms with E-state index in [0.717, 1.165) is 15.9 Å². The van der Waals surface area contributed by atoms with Crippen molar-refractivity contribution < 1.29 is 28.6 Å². The summed E-state index contributed by atoms with van der Waals surface area (Å²) in [6.45, 7) is 6.24. The van der Waals surface area contributed by atoms with Gasteiger partial charge >= 0.3 is 5.97 Å². The molecule has 4 aromatic rings. The van der Waals surface area contributed by atoms with Crippen LogP contribution in [0.4, 0.5) is 4.39 Å². The van der Waals surface area contributed by atoms with Crippen molar-refractivity contribution in [2.45, 2.75) is 45.1 Å². The standard InChI is InChI=1S/C38H43FO5Si/c1-36(2,3)34-33(41)25-38(26-40,29-19-21-30(39)22-20-29)37(34,23-24-43-35(42)28-13-7-4-8-14-28)27-44-45(31-15-9-5-10-16-31)32-17-11-6-12-18-32/h4-22,33-34,40-41,45H,23-27H2,1-3H3. The quantitative estimate of drug-likeness (QED) is 0.175. The summed E-state index contributed by atoms with van der Waals surface area (Å²) in [6, 6.07) is 35.4. The van der Waals surface area contributed by atoms with E-state index in [1.807, 2.05) is 42.5 Å². The average Bonchev–Trinajstić information content (AvgIpc) is 3.31. The summed E-state index contributed by atoms with van der Waals surface area (Å²) in [7, 11) is -2.26. The molecule has 5 nitrogen and oxygen atoms in total. The molecule has 1 fully saturated rings. The first kappa shape index (κ1) is 32.8. The van der Waals surface area contributed by atoms with Crippen LogP contribution in [-0.2, 0) is 14.6 Å². The molecule has 45 heavy (non-hydrogen) atoms. The van der Waals surface area contributed by atoms with Crippen LogP contribution in [0.2, 0.25) is 0 Å². The van der Waals surface area contributed by atoms with E-state index in [9.17, 15) is 19.4 Å². The molecule has 4 aromatic carbocycles. The van der Waals surface area contributed by atoms with Crippen molar-refractivity contribution in [3.05, 3.63) is 132 Å². The Bertz CT molecular complexity index is 1490. The van der Waals surface area contributed by atoms with Crippen molar-refractivity contribution in [1.82, 2.24) is 0 Å². The lowest BCUT2D eigenvalue weighted by Gasteiger charge is -2.52. The molecule has 0 aliphatic heterocycles. The van der Waals surface area contributed by atoms with Crippen LogP contribution in [0.15, 0.2) is 115 Å². The smallest absolute Gasteiger partial charge is 0.338 e. The minimum absolute atomic E-state index is 0.0578. The first-order valence-corrected chi connectivity index (χ1v) is 17.2. The number of carbonyl (C=O) groups excluding carboxylic acids is 1. The van der Waals surface area contributed by atoms with Crippen LogP contribution >= 0.6 is 0 Å². The van der Waals surface area contributed by atoms with E-state index in [1.54, 1.807) is 36.4 Å². The number of rotatable bonds is 11. The molecule has 0 spiro atoms. The lowest BCUT2D eigenvalue weighted by Crippen LogP contribution is -2.56. The van der Waals surface area contributed by atoms with Crippen molar-refractivity contribution in [1.29, 1.82) is 0 Å². The van der Waals surface area contributed by atoms with Crippen molar-refractivity contribution in [2.75, 3.05) is 19.8 Å². The molecule has 236 valence electrons. The molecule has 1 aliphatic rings. The highest BCUT2D eigenvalue weighted by molar-refractivity contribution is 6.80. The van der Waals surface area contributed by atoms with Gasteiger partial charge in [-0.05, 0) is 64.4 Å². The molecule has 1 saturated carbocycles. The van der Waals surface area contributed by atoms with Gasteiger partial charge < -0.3 is 19.4 Å². The predicted molar refractivity (Wildman–Crippen MR) is 178 cm³/mol. The van der Waals surface area contributed by atoms with Crippen LogP contribution in [0.25, 0.3) is 0 Å². The van der Waals surface area contributed by atoms with Crippen LogP contribution in [-0.4, -0.2) is 51.1 Å². The summed E-state index contributed by atoms with van der Waals surface area (Å²) in [5, 5.41) is 25.5. The maximum atomic E-state index is 14.2. The van der Waals surface area contributed by atoms with Gasteiger partial charge in [0.25, 0.3) is 0 Å². The number of hydrogen-bond acceptors (Lipinski definition) is 5. The molecule has 0 radical (unpaired) electrons. The minimum Gasteiger partial charge on any atom is -0.462 e. The molecule has 0 amide bonds. The second-order valence-corrected chi connectivity index (χ2v) is 15.7. The summed E-state index contributed by atoms with van der Waals surface area (Å²) >= 11 is 0. The summed E-state index contributed by atoms with van der Waals surface area (Å²) in [6.07, 6.45) is -0.201. The van der Waals surface area contributed by atoms with Gasteiger partial charge in [-0.3, -0.25) is 0 Å². The molecule has 0 saturated heterocycles. The van der Waals surface area contributed by atoms with E-state index in [0.29, 0.717) is 12.0 Å². The number of hydrogen-bond donors (Lipinski definition) is 2. The molecular weight excluding hydrogens is 583 g/mol. The molecule has 5 rings (SSSR count). The Morgan fingerprint density at radius 3 is 1.91 bits per heavy atom. The Morgan fingerprint density at radius 1 is 0.867 bits per heavy atom. The Balaban J connectivity index is 1.62. The fraction of sp³-hybridized carbons (Fsp3) is 0.342. The third-order valence-electron chi connectivity index (χ3n) is 9.59. The molecule has 4 atom stereocenters. The van der Waals surface area contributed by atoms with Gasteiger partial charge in [0.1, 0.15) is 5.82 Å². The zero-order valence-corrected chi connectivity index (χ0v) is 27.4. The van der Waals surface area contributed by atoms with Gasteiger partial charge in [-0.2, -0.15) is 0 Å². The van der Waals surface area contributed by atoms with Gasteiger partial charge in [-0.1, -0.05) is 112 Å². The highest BCUT2D eigenvalue weighted by Gasteiger charge is 2.66. The van der Waals surface area contributed by atoms with Crippen LogP contribution < -0.4 is 10.4 Å². The molecule has 0 bridgehead atoms. The molecule has 2 N–H and O–H groups in total. The highest BCUT2D eigenvalue weighted by atomic mass is 28.3. The summed E-state index contributed by atoms with van der Waals surface area (Å²) in [4.78, 5) is 13.1. The van der Waals surface area contributed by atoms with Crippen molar-refractivity contribution in [2.24, 2.45) is 16.7 Å². The van der Waals surface area contributed by atoms with Crippen molar-refractivity contribution >= 4 is 25.4 Å². The maximum Gasteiger partial charge on any atom is 0.338 e. The Hall–Kier alpha value is -3.62. The van der Waals surface area contributed by atoms with Gasteiger partial charge in [0.15, 0.2) is 0 Å². The third-order valence-corrected chi connectivity index (χ3v) is 12.1. The van der Waals surface area contributed by atoms with E-state index >= 15 is 0 Å². The molecule has 7 heteroatoms. The molecule has 0 heterocycles. The maximum absolute atomic E-state index is 14.2. The monoisotopic (exact) mass is 626 g/mol. The van der Waals surface area contributed by atoms with E-state index < -0.39 is 37.4 Å². The van der Waals surface area contributed by atoms with Crippen LogP contribution in [0.5, 0.6) is 0 Å². The summed E-state index contributed by atoms with van der Waals surface area (Å²) in [5.41, 5.74) is -1.12. The number of benzene rings is 4. The Morgan fingerprint density at radius 2 is 1.40 bits per heavy atom. The topological polar surface area (TPSA) is 76.0 Å². The molecule has 0 aromatic heterocycles. The second-order valence-electron chi connectivity index (χ2n) is 13.3. The Labute approximate surface area is 267 Å². The third kappa shape index (κ3) is 6.68. The fourth-order valence-electron chi connectivity index (χ4n) is 7.79. The van der Waals surface area contributed by atoms with E-state index in [1.165, 1.54) is 12.1 Å². The predicted octanol–water partition coefficient (Wildman–Crippen LogP) is 5.27. The van der Waals surface area contributed by atoms with E-state index in [2.05, 4.69) is 45.0 Å². The van der Waals surface area contributed by atoms with Gasteiger partial charge in [0.2, 0.25) is 9.04 Å². The van der Waals surface area contributed by atoms with Crippen molar-refractivity contribution in [3.63, 3.8) is 0 Å². The number of esters is 1. The van der Waals surface area contributed by atoms with Gasteiger partial charge in [0, 0.05) is 17.4 Å². The first-order valence-electron chi connectivity index (χ1n) is 15.6. The summed E-state index contributed by atoms with van der Waals surface area (Å²) in [5.74, 6) is -1.16. The molecular formula is C38H43FO5Si. The summed E-state index contributed by atoms with van der Waals surface area (Å²) < 4.78 is 27.2. The average molecular weight is 627 g/mol. The minimum atomic E-state index is -2.26. The SMILES string of the molecule is CC(C)(C)C1C(O)CC(CO)(c2ccc(F)cc2)C1(CCOC(=O)c1ccccc1)CO[SiH](c1ccccc1)c1ccccc1. The van der Waals surface area contributed by atoms with E-state index in [4.69, 9.17) is 9.16 Å². The van der Waals surface area contributed by atoms with Crippen LogP contribution in [0, 0.1) is 22.6 Å². The largest absolute Gasteiger partial charge is 0.462 e. The lowest BCUT2D eigenvalue weighted by atomic mass is 9.54. The van der Waals surface area contributed by atoms with Crippen LogP contribution in [0.1, 0.15) is 49.5 Å². The zero-order valence-electron chi connectivity index (χ0n) is 26.2. The number of aliphatic hydroxyl groups excluding tert-OH is 2. The van der Waals surface area contributed by atoms with Gasteiger partial charge in [0.05, 0.1) is 24.9 Å². The molecule has 4 unspecified atom stereocenters. The molecule has 1 aliphatic carbocycles. The Kier molecular flexibility index (Phi) is 10.0. The fourth-order valence-corrected chi connectivity index (χ4v) is 10.2. The number of carbonyl (C=O) groups is 1. The van der Waals surface area contributed by atoms with Gasteiger partial charge in [-0.15, -0.1) is 0 Å². The zero-order chi connectivity index (χ0) is 32.1. The second kappa shape index (κ2) is 13.8. The van der Waals surface area contributed by atoms with Crippen LogP contribution in [0.3, 0.4) is 0 Å². The normalized spacial score (nSPS) is 23.3. The van der Waals surface area contributed by atoms with E-state index in [-0.39, 0.29) is 38.0 Å². The highest BCUT2D eigenvalue weighted by Crippen LogP contribution is 2.63. The number of halogens is 1. The van der Waals surface area contributed by atoms with Gasteiger partial charge in [-0.25, -0.2) is 9.18 Å². The first-order chi connectivity index (χ1) is 21.6. The number of ether oxygens (including phenoxy) is 1.